The van der Waals surface area contributed by atoms with Crippen LogP contribution in [0.25, 0.3) is 10.9 Å². The van der Waals surface area contributed by atoms with Crippen LogP contribution in [-0.4, -0.2) is 34.3 Å². The number of ether oxygens (including phenoxy) is 1. The molecule has 3 rings (SSSR count). The highest BCUT2D eigenvalue weighted by molar-refractivity contribution is 6.76. The summed E-state index contributed by atoms with van der Waals surface area (Å²) in [5.41, 5.74) is 1.62. The average Bonchev–Trinajstić information content (AvgIpc) is 2.98. The molecule has 0 spiro atoms. The summed E-state index contributed by atoms with van der Waals surface area (Å²) in [5.74, 6) is 0. The molecule has 3 aromatic rings. The minimum Gasteiger partial charge on any atom is -0.382 e. The average molecular weight is 372 g/mol. The van der Waals surface area contributed by atoms with Crippen LogP contribution in [-0.2, 0) is 11.5 Å². The second kappa shape index (κ2) is 7.57. The van der Waals surface area contributed by atoms with Gasteiger partial charge in [-0.3, -0.25) is 9.78 Å². The van der Waals surface area contributed by atoms with E-state index in [1.165, 1.54) is 0 Å². The maximum atomic E-state index is 12.3. The maximum Gasteiger partial charge on any atom is 0.272 e. The standard InChI is InChI=1S/C19H25N3O3Si/c1-26(2,3)10-9-25-13-22-16(18(23)15-5-4-7-20-12-15)11-14-6-8-21-19(24)17(14)22/h4-8,11-12,18,23H,9-10,13H2,1-3H3,(H,21,24). The van der Waals surface area contributed by atoms with Gasteiger partial charge in [-0.15, -0.1) is 0 Å². The summed E-state index contributed by atoms with van der Waals surface area (Å²) in [6.45, 7) is 7.76. The second-order valence-electron chi connectivity index (χ2n) is 7.64. The molecule has 0 saturated carbocycles. The van der Waals surface area contributed by atoms with Crippen molar-refractivity contribution >= 4 is 19.0 Å². The van der Waals surface area contributed by atoms with E-state index in [1.54, 1.807) is 29.2 Å². The summed E-state index contributed by atoms with van der Waals surface area (Å²) >= 11 is 0. The van der Waals surface area contributed by atoms with Crippen LogP contribution in [0.2, 0.25) is 25.7 Å². The highest BCUT2D eigenvalue weighted by atomic mass is 28.3. The van der Waals surface area contributed by atoms with Crippen molar-refractivity contribution in [3.8, 4) is 0 Å². The van der Waals surface area contributed by atoms with E-state index in [0.29, 0.717) is 23.4 Å². The first-order chi connectivity index (χ1) is 12.4. The van der Waals surface area contributed by atoms with Crippen molar-refractivity contribution in [2.45, 2.75) is 38.5 Å². The zero-order valence-electron chi connectivity index (χ0n) is 15.4. The Kier molecular flexibility index (Phi) is 5.40. The lowest BCUT2D eigenvalue weighted by Gasteiger charge is -2.18. The van der Waals surface area contributed by atoms with E-state index >= 15 is 0 Å². The summed E-state index contributed by atoms with van der Waals surface area (Å²) in [6, 6.07) is 8.31. The minimum atomic E-state index is -1.19. The van der Waals surface area contributed by atoms with E-state index < -0.39 is 14.2 Å². The van der Waals surface area contributed by atoms with E-state index in [1.807, 2.05) is 18.2 Å². The Morgan fingerprint density at radius 1 is 1.35 bits per heavy atom. The van der Waals surface area contributed by atoms with E-state index in [9.17, 15) is 9.90 Å². The first-order valence-corrected chi connectivity index (χ1v) is 12.4. The fraction of sp³-hybridized carbons (Fsp3) is 0.368. The number of rotatable bonds is 7. The molecule has 3 heterocycles. The van der Waals surface area contributed by atoms with Gasteiger partial charge in [-0.1, -0.05) is 25.7 Å². The first-order valence-electron chi connectivity index (χ1n) is 8.73. The van der Waals surface area contributed by atoms with Crippen molar-refractivity contribution in [1.82, 2.24) is 14.5 Å². The third kappa shape index (κ3) is 4.12. The van der Waals surface area contributed by atoms with Gasteiger partial charge < -0.3 is 19.4 Å². The molecule has 0 fully saturated rings. The molecule has 0 aliphatic carbocycles. The first kappa shape index (κ1) is 18.6. The van der Waals surface area contributed by atoms with Gasteiger partial charge in [0.1, 0.15) is 18.4 Å². The molecular formula is C19H25N3O3Si. The largest absolute Gasteiger partial charge is 0.382 e. The minimum absolute atomic E-state index is 0.194. The van der Waals surface area contributed by atoms with Gasteiger partial charge >= 0.3 is 0 Å². The summed E-state index contributed by atoms with van der Waals surface area (Å²) in [7, 11) is -1.19. The smallest absolute Gasteiger partial charge is 0.272 e. The Balaban J connectivity index is 1.95. The SMILES string of the molecule is C[Si](C)(C)CCOCn1c(C(O)c2cccnc2)cc2cc[nH]c(=O)c21. The molecule has 138 valence electrons. The molecule has 6 nitrogen and oxygen atoms in total. The van der Waals surface area contributed by atoms with Crippen LogP contribution in [0.5, 0.6) is 0 Å². The molecule has 26 heavy (non-hydrogen) atoms. The lowest BCUT2D eigenvalue weighted by atomic mass is 10.1. The van der Waals surface area contributed by atoms with Crippen molar-refractivity contribution in [3.05, 3.63) is 64.5 Å². The van der Waals surface area contributed by atoms with Crippen molar-refractivity contribution < 1.29 is 9.84 Å². The van der Waals surface area contributed by atoms with Crippen LogP contribution in [0, 0.1) is 0 Å². The predicted octanol–water partition coefficient (Wildman–Crippen LogP) is 3.12. The molecular weight excluding hydrogens is 346 g/mol. The summed E-state index contributed by atoms with van der Waals surface area (Å²) in [6.07, 6.45) is 4.02. The Morgan fingerprint density at radius 2 is 2.15 bits per heavy atom. The van der Waals surface area contributed by atoms with Crippen LogP contribution < -0.4 is 5.56 Å². The molecule has 7 heteroatoms. The van der Waals surface area contributed by atoms with Gasteiger partial charge in [-0.25, -0.2) is 0 Å². The predicted molar refractivity (Wildman–Crippen MR) is 105 cm³/mol. The van der Waals surface area contributed by atoms with Crippen molar-refractivity contribution in [3.63, 3.8) is 0 Å². The number of nitrogens with one attached hydrogen (secondary N) is 1. The van der Waals surface area contributed by atoms with Crippen LogP contribution in [0.4, 0.5) is 0 Å². The highest BCUT2D eigenvalue weighted by Crippen LogP contribution is 2.27. The number of aromatic nitrogens is 3. The van der Waals surface area contributed by atoms with Crippen molar-refractivity contribution in [2.24, 2.45) is 0 Å². The maximum absolute atomic E-state index is 12.3. The van der Waals surface area contributed by atoms with Gasteiger partial charge in [0.15, 0.2) is 0 Å². The van der Waals surface area contributed by atoms with Gasteiger partial charge in [0.25, 0.3) is 5.56 Å². The fourth-order valence-corrected chi connectivity index (χ4v) is 3.61. The molecule has 0 saturated heterocycles. The number of pyridine rings is 2. The Morgan fingerprint density at radius 3 is 2.85 bits per heavy atom. The monoisotopic (exact) mass is 371 g/mol. The molecule has 0 radical (unpaired) electrons. The normalized spacial score (nSPS) is 13.2. The topological polar surface area (TPSA) is 80.1 Å². The van der Waals surface area contributed by atoms with E-state index in [4.69, 9.17) is 4.74 Å². The van der Waals surface area contributed by atoms with Crippen LogP contribution in [0.1, 0.15) is 17.4 Å². The number of hydrogen-bond donors (Lipinski definition) is 2. The van der Waals surface area contributed by atoms with Crippen molar-refractivity contribution in [1.29, 1.82) is 0 Å². The fourth-order valence-electron chi connectivity index (χ4n) is 2.86. The number of aliphatic hydroxyl groups excluding tert-OH is 1. The zero-order valence-corrected chi connectivity index (χ0v) is 16.4. The second-order valence-corrected chi connectivity index (χ2v) is 13.3. The summed E-state index contributed by atoms with van der Waals surface area (Å²) in [5, 5.41) is 11.6. The number of fused-ring (bicyclic) bond motifs is 1. The van der Waals surface area contributed by atoms with Gasteiger partial charge in [0, 0.05) is 44.2 Å². The number of aliphatic hydroxyl groups is 1. The summed E-state index contributed by atoms with van der Waals surface area (Å²) < 4.78 is 7.62. The number of hydrogen-bond acceptors (Lipinski definition) is 4. The lowest BCUT2D eigenvalue weighted by Crippen LogP contribution is -2.22. The zero-order chi connectivity index (χ0) is 18.7. The highest BCUT2D eigenvalue weighted by Gasteiger charge is 2.20. The number of aromatic amines is 1. The summed E-state index contributed by atoms with van der Waals surface area (Å²) in [4.78, 5) is 19.1. The van der Waals surface area contributed by atoms with Crippen LogP contribution in [0.3, 0.4) is 0 Å². The van der Waals surface area contributed by atoms with Gasteiger partial charge in [-0.05, 0) is 24.2 Å². The molecule has 1 atom stereocenters. The van der Waals surface area contributed by atoms with Gasteiger partial charge in [0.05, 0.1) is 5.69 Å². The third-order valence-electron chi connectivity index (χ3n) is 4.35. The molecule has 1 unspecified atom stereocenters. The molecule has 0 amide bonds. The third-order valence-corrected chi connectivity index (χ3v) is 6.05. The molecule has 0 aliphatic rings. The number of nitrogens with zero attached hydrogens (tertiary/aromatic N) is 2. The molecule has 3 aromatic heterocycles. The quantitative estimate of drug-likeness (QED) is 0.494. The van der Waals surface area contributed by atoms with E-state index in [0.717, 1.165) is 11.4 Å². The molecule has 2 N–H and O–H groups in total. The number of H-pyrrole nitrogens is 1. The molecule has 0 bridgehead atoms. The van der Waals surface area contributed by atoms with Crippen molar-refractivity contribution in [2.75, 3.05) is 6.61 Å². The van der Waals surface area contributed by atoms with E-state index in [2.05, 4.69) is 29.6 Å². The Hall–Kier alpha value is -2.22. The van der Waals surface area contributed by atoms with Gasteiger partial charge in [0.2, 0.25) is 0 Å². The Bertz CT molecular complexity index is 929. The van der Waals surface area contributed by atoms with Gasteiger partial charge in [-0.2, -0.15) is 0 Å². The van der Waals surface area contributed by atoms with Crippen LogP contribution >= 0.6 is 0 Å². The molecule has 0 aliphatic heterocycles. The molecule has 0 aromatic carbocycles. The van der Waals surface area contributed by atoms with E-state index in [-0.39, 0.29) is 12.3 Å². The van der Waals surface area contributed by atoms with Crippen LogP contribution in [0.15, 0.2) is 47.7 Å². The Labute approximate surface area is 153 Å². The lowest BCUT2D eigenvalue weighted by molar-refractivity contribution is 0.0825.